The summed E-state index contributed by atoms with van der Waals surface area (Å²) in [7, 11) is 0. The van der Waals surface area contributed by atoms with E-state index < -0.39 is 12.0 Å². The summed E-state index contributed by atoms with van der Waals surface area (Å²) < 4.78 is 4.52. The smallest absolute Gasteiger partial charge is 0.337 e. The van der Waals surface area contributed by atoms with Crippen molar-refractivity contribution in [3.05, 3.63) is 41.5 Å². The van der Waals surface area contributed by atoms with Crippen molar-refractivity contribution in [2.75, 3.05) is 5.32 Å². The Bertz CT molecular complexity index is 624. The first-order chi connectivity index (χ1) is 9.56. The largest absolute Gasteiger partial charge is 0.478 e. The maximum absolute atomic E-state index is 11.7. The SMILES string of the molecule is Cc1ccc(NC(=O)NCc2ncon2)c(C(=O)O)c1. The molecule has 2 aromatic rings. The number of nitrogens with zero attached hydrogens (tertiary/aromatic N) is 2. The lowest BCUT2D eigenvalue weighted by atomic mass is 10.1. The first-order valence-corrected chi connectivity index (χ1v) is 5.70. The lowest BCUT2D eigenvalue weighted by Crippen LogP contribution is -2.29. The number of aromatic nitrogens is 2. The molecule has 1 heterocycles. The van der Waals surface area contributed by atoms with Crippen LogP contribution >= 0.6 is 0 Å². The number of aryl methyl sites for hydroxylation is 1. The Morgan fingerprint density at radius 3 is 2.85 bits per heavy atom. The molecule has 0 unspecified atom stereocenters. The van der Waals surface area contributed by atoms with E-state index in [0.717, 1.165) is 12.0 Å². The minimum absolute atomic E-state index is 0.0275. The Morgan fingerprint density at radius 1 is 1.40 bits per heavy atom. The van der Waals surface area contributed by atoms with Crippen LogP contribution in [0.1, 0.15) is 21.7 Å². The summed E-state index contributed by atoms with van der Waals surface area (Å²) in [6, 6.07) is 4.17. The average Bonchev–Trinajstić information content (AvgIpc) is 2.91. The highest BCUT2D eigenvalue weighted by molar-refractivity contribution is 6.00. The van der Waals surface area contributed by atoms with Crippen LogP contribution in [0, 0.1) is 6.92 Å². The summed E-state index contributed by atoms with van der Waals surface area (Å²) >= 11 is 0. The summed E-state index contributed by atoms with van der Waals surface area (Å²) in [6.07, 6.45) is 1.15. The van der Waals surface area contributed by atoms with Crippen molar-refractivity contribution in [3.63, 3.8) is 0 Å². The minimum Gasteiger partial charge on any atom is -0.478 e. The van der Waals surface area contributed by atoms with E-state index in [-0.39, 0.29) is 17.8 Å². The fourth-order valence-corrected chi connectivity index (χ4v) is 1.54. The second-order valence-electron chi connectivity index (χ2n) is 4.01. The zero-order chi connectivity index (χ0) is 14.5. The van der Waals surface area contributed by atoms with Crippen molar-refractivity contribution >= 4 is 17.7 Å². The van der Waals surface area contributed by atoms with Gasteiger partial charge in [0.1, 0.15) is 0 Å². The molecule has 1 aromatic heterocycles. The summed E-state index contributed by atoms with van der Waals surface area (Å²) in [5.74, 6) is -0.787. The van der Waals surface area contributed by atoms with Crippen molar-refractivity contribution in [2.24, 2.45) is 0 Å². The molecule has 8 nitrogen and oxygen atoms in total. The molecule has 104 valence electrons. The molecule has 0 bridgehead atoms. The quantitative estimate of drug-likeness (QED) is 0.776. The first-order valence-electron chi connectivity index (χ1n) is 5.70. The van der Waals surface area contributed by atoms with E-state index in [0.29, 0.717) is 5.82 Å². The average molecular weight is 276 g/mol. The zero-order valence-corrected chi connectivity index (χ0v) is 10.6. The number of urea groups is 1. The van der Waals surface area contributed by atoms with Crippen LogP contribution in [0.4, 0.5) is 10.5 Å². The van der Waals surface area contributed by atoms with Gasteiger partial charge in [-0.25, -0.2) is 9.59 Å². The number of anilines is 1. The highest BCUT2D eigenvalue weighted by Crippen LogP contribution is 2.17. The van der Waals surface area contributed by atoms with Crippen LogP contribution in [0.2, 0.25) is 0 Å². The van der Waals surface area contributed by atoms with Crippen LogP contribution in [0.3, 0.4) is 0 Å². The fraction of sp³-hybridized carbons (Fsp3) is 0.167. The summed E-state index contributed by atoms with van der Waals surface area (Å²) in [5, 5.41) is 17.6. The van der Waals surface area contributed by atoms with Gasteiger partial charge in [-0.1, -0.05) is 16.8 Å². The van der Waals surface area contributed by atoms with Crippen LogP contribution in [0.15, 0.2) is 29.1 Å². The van der Waals surface area contributed by atoms with Crippen LogP contribution in [0.5, 0.6) is 0 Å². The van der Waals surface area contributed by atoms with E-state index in [1.807, 2.05) is 0 Å². The molecule has 1 aromatic carbocycles. The second kappa shape index (κ2) is 5.83. The molecule has 3 N–H and O–H groups in total. The number of hydrogen-bond donors (Lipinski definition) is 3. The van der Waals surface area contributed by atoms with Gasteiger partial charge in [-0.3, -0.25) is 0 Å². The molecule has 0 aliphatic heterocycles. The number of hydrogen-bond acceptors (Lipinski definition) is 5. The van der Waals surface area contributed by atoms with Gasteiger partial charge in [0.2, 0.25) is 6.39 Å². The lowest BCUT2D eigenvalue weighted by molar-refractivity contribution is 0.0698. The van der Waals surface area contributed by atoms with Gasteiger partial charge in [-0.15, -0.1) is 0 Å². The molecule has 0 aliphatic rings. The highest BCUT2D eigenvalue weighted by atomic mass is 16.5. The fourth-order valence-electron chi connectivity index (χ4n) is 1.54. The number of aromatic carboxylic acids is 1. The summed E-state index contributed by atoms with van der Waals surface area (Å²) in [6.45, 7) is 1.85. The topological polar surface area (TPSA) is 117 Å². The van der Waals surface area contributed by atoms with E-state index in [2.05, 4.69) is 25.3 Å². The lowest BCUT2D eigenvalue weighted by Gasteiger charge is -2.09. The van der Waals surface area contributed by atoms with Crippen molar-refractivity contribution < 1.29 is 19.2 Å². The van der Waals surface area contributed by atoms with Gasteiger partial charge in [-0.2, -0.15) is 4.98 Å². The monoisotopic (exact) mass is 276 g/mol. The third-order valence-corrected chi connectivity index (χ3v) is 2.47. The molecule has 2 amide bonds. The van der Waals surface area contributed by atoms with Gasteiger partial charge in [0.05, 0.1) is 17.8 Å². The zero-order valence-electron chi connectivity index (χ0n) is 10.6. The molecule has 0 aliphatic carbocycles. The predicted octanol–water partition coefficient (Wildman–Crippen LogP) is 1.40. The molecule has 0 spiro atoms. The highest BCUT2D eigenvalue weighted by Gasteiger charge is 2.12. The van der Waals surface area contributed by atoms with Gasteiger partial charge in [0.15, 0.2) is 5.82 Å². The van der Waals surface area contributed by atoms with Crippen LogP contribution in [-0.4, -0.2) is 27.2 Å². The van der Waals surface area contributed by atoms with Gasteiger partial charge < -0.3 is 20.3 Å². The third kappa shape index (κ3) is 3.31. The number of carbonyl (C=O) groups is 2. The molecule has 20 heavy (non-hydrogen) atoms. The molecule has 0 saturated heterocycles. The molecular formula is C12H12N4O4. The Kier molecular flexibility index (Phi) is 3.94. The first kappa shape index (κ1) is 13.5. The van der Waals surface area contributed by atoms with Gasteiger partial charge >= 0.3 is 12.0 Å². The standard InChI is InChI=1S/C12H12N4O4/c1-7-2-3-9(8(4-7)11(17)18)15-12(19)13-5-10-14-6-20-16-10/h2-4,6H,5H2,1H3,(H,17,18)(H2,13,15,19). The third-order valence-electron chi connectivity index (χ3n) is 2.47. The number of carboxylic acids is 1. The van der Waals surface area contributed by atoms with Crippen molar-refractivity contribution in [2.45, 2.75) is 13.5 Å². The van der Waals surface area contributed by atoms with Gasteiger partial charge in [0, 0.05) is 0 Å². The number of carboxylic acid groups (broad SMARTS) is 1. The van der Waals surface area contributed by atoms with E-state index in [1.54, 1.807) is 13.0 Å². The van der Waals surface area contributed by atoms with E-state index >= 15 is 0 Å². The molecule has 0 radical (unpaired) electrons. The minimum atomic E-state index is -1.11. The predicted molar refractivity (Wildman–Crippen MR) is 68.3 cm³/mol. The van der Waals surface area contributed by atoms with Crippen LogP contribution in [0.25, 0.3) is 0 Å². The second-order valence-corrected chi connectivity index (χ2v) is 4.01. The molecule has 8 heteroatoms. The maximum atomic E-state index is 11.7. The Labute approximate surface area is 113 Å². The Hall–Kier alpha value is -2.90. The van der Waals surface area contributed by atoms with Crippen molar-refractivity contribution in [1.29, 1.82) is 0 Å². The van der Waals surface area contributed by atoms with E-state index in [4.69, 9.17) is 5.11 Å². The van der Waals surface area contributed by atoms with Crippen LogP contribution < -0.4 is 10.6 Å². The number of nitrogens with one attached hydrogen (secondary N) is 2. The molecule has 0 saturated carbocycles. The van der Waals surface area contributed by atoms with E-state index in [1.165, 1.54) is 12.1 Å². The molecule has 0 fully saturated rings. The number of rotatable bonds is 4. The van der Waals surface area contributed by atoms with Crippen LogP contribution in [-0.2, 0) is 6.54 Å². The number of amides is 2. The van der Waals surface area contributed by atoms with Gasteiger partial charge in [-0.05, 0) is 19.1 Å². The maximum Gasteiger partial charge on any atom is 0.337 e. The van der Waals surface area contributed by atoms with Crippen molar-refractivity contribution in [1.82, 2.24) is 15.5 Å². The normalized spacial score (nSPS) is 10.1. The number of carbonyl (C=O) groups excluding carboxylic acids is 1. The van der Waals surface area contributed by atoms with E-state index in [9.17, 15) is 9.59 Å². The summed E-state index contributed by atoms with van der Waals surface area (Å²) in [5.41, 5.74) is 1.04. The molecule has 2 rings (SSSR count). The Balaban J connectivity index is 2.02. The van der Waals surface area contributed by atoms with Crippen molar-refractivity contribution in [3.8, 4) is 0 Å². The van der Waals surface area contributed by atoms with Gasteiger partial charge in [0.25, 0.3) is 0 Å². The molecule has 0 atom stereocenters. The Morgan fingerprint density at radius 2 is 2.20 bits per heavy atom. The summed E-state index contributed by atoms with van der Waals surface area (Å²) in [4.78, 5) is 26.5. The molecular weight excluding hydrogens is 264 g/mol. The number of benzene rings is 1.